The molecule has 14 heavy (non-hydrogen) atoms. The standard InChI is InChI=1S/C12H11NO/c1-10-5-6-11(4-2-3-7-14)8-12(10)9-13/h5-6,8,14H,3,7H2,1H3. The molecule has 2 nitrogen and oxygen atoms in total. The SMILES string of the molecule is Cc1ccc(C#CCCO)cc1C#N. The third-order valence-electron chi connectivity index (χ3n) is 1.83. The van der Waals surface area contributed by atoms with Crippen LogP contribution in [0.5, 0.6) is 0 Å². The zero-order valence-corrected chi connectivity index (χ0v) is 8.04. The van der Waals surface area contributed by atoms with Gasteiger partial charge in [-0.1, -0.05) is 17.9 Å². The molecule has 0 aliphatic carbocycles. The average Bonchev–Trinajstić information content (AvgIpc) is 2.21. The molecule has 1 N–H and O–H groups in total. The lowest BCUT2D eigenvalue weighted by atomic mass is 10.1. The molecular weight excluding hydrogens is 174 g/mol. The van der Waals surface area contributed by atoms with Gasteiger partial charge in [0.05, 0.1) is 18.2 Å². The lowest BCUT2D eigenvalue weighted by Crippen LogP contribution is -1.84. The van der Waals surface area contributed by atoms with E-state index in [0.29, 0.717) is 12.0 Å². The first-order valence-electron chi connectivity index (χ1n) is 4.38. The summed E-state index contributed by atoms with van der Waals surface area (Å²) < 4.78 is 0. The molecule has 1 rings (SSSR count). The maximum absolute atomic E-state index is 8.78. The van der Waals surface area contributed by atoms with Crippen molar-refractivity contribution >= 4 is 0 Å². The van der Waals surface area contributed by atoms with Crippen molar-refractivity contribution in [1.29, 1.82) is 5.26 Å². The third kappa shape index (κ3) is 2.62. The fourth-order valence-electron chi connectivity index (χ4n) is 1.04. The van der Waals surface area contributed by atoms with Crippen LogP contribution in [0.15, 0.2) is 18.2 Å². The van der Waals surface area contributed by atoms with Gasteiger partial charge in [-0.25, -0.2) is 0 Å². The number of nitriles is 1. The smallest absolute Gasteiger partial charge is 0.0994 e. The molecule has 0 atom stereocenters. The zero-order chi connectivity index (χ0) is 10.4. The summed E-state index contributed by atoms with van der Waals surface area (Å²) in [6, 6.07) is 7.62. The van der Waals surface area contributed by atoms with Crippen molar-refractivity contribution in [2.45, 2.75) is 13.3 Å². The van der Waals surface area contributed by atoms with Crippen LogP contribution >= 0.6 is 0 Å². The minimum atomic E-state index is 0.0734. The lowest BCUT2D eigenvalue weighted by molar-refractivity contribution is 0.305. The van der Waals surface area contributed by atoms with Crippen molar-refractivity contribution < 1.29 is 5.11 Å². The number of nitrogens with zero attached hydrogens (tertiary/aromatic N) is 1. The predicted molar refractivity (Wildman–Crippen MR) is 54.5 cm³/mol. The maximum atomic E-state index is 8.78. The van der Waals surface area contributed by atoms with Gasteiger partial charge >= 0.3 is 0 Å². The van der Waals surface area contributed by atoms with E-state index in [1.54, 1.807) is 6.07 Å². The first-order chi connectivity index (χ1) is 6.77. The Bertz CT molecular complexity index is 418. The molecule has 1 aromatic rings. The molecule has 2 heteroatoms. The topological polar surface area (TPSA) is 44.0 Å². The molecule has 0 aliphatic rings. The van der Waals surface area contributed by atoms with Crippen molar-refractivity contribution in [3.05, 3.63) is 34.9 Å². The van der Waals surface area contributed by atoms with E-state index in [0.717, 1.165) is 11.1 Å². The summed E-state index contributed by atoms with van der Waals surface area (Å²) in [4.78, 5) is 0. The Morgan fingerprint density at radius 2 is 2.21 bits per heavy atom. The molecule has 0 fully saturated rings. The fourth-order valence-corrected chi connectivity index (χ4v) is 1.04. The molecule has 0 spiro atoms. The Morgan fingerprint density at radius 1 is 1.43 bits per heavy atom. The average molecular weight is 185 g/mol. The van der Waals surface area contributed by atoms with Crippen LogP contribution < -0.4 is 0 Å². The predicted octanol–water partition coefficient (Wildman–Crippen LogP) is 1.60. The number of hydrogen-bond donors (Lipinski definition) is 1. The summed E-state index contributed by atoms with van der Waals surface area (Å²) in [7, 11) is 0. The number of benzene rings is 1. The minimum absolute atomic E-state index is 0.0734. The van der Waals surface area contributed by atoms with Crippen LogP contribution in [0.3, 0.4) is 0 Å². The summed E-state index contributed by atoms with van der Waals surface area (Å²) in [5, 5.41) is 17.3. The maximum Gasteiger partial charge on any atom is 0.0994 e. The monoisotopic (exact) mass is 185 g/mol. The molecule has 1 aromatic carbocycles. The van der Waals surface area contributed by atoms with Gasteiger partial charge in [-0.05, 0) is 24.6 Å². The number of aryl methyl sites for hydroxylation is 1. The van der Waals surface area contributed by atoms with Crippen molar-refractivity contribution in [2.24, 2.45) is 0 Å². The van der Waals surface area contributed by atoms with E-state index in [9.17, 15) is 0 Å². The van der Waals surface area contributed by atoms with Gasteiger partial charge in [0.1, 0.15) is 0 Å². The van der Waals surface area contributed by atoms with E-state index >= 15 is 0 Å². The molecule has 0 aliphatic heterocycles. The highest BCUT2D eigenvalue weighted by Crippen LogP contribution is 2.08. The van der Waals surface area contributed by atoms with E-state index in [4.69, 9.17) is 10.4 Å². The van der Waals surface area contributed by atoms with Crippen molar-refractivity contribution in [2.75, 3.05) is 6.61 Å². The Kier molecular flexibility index (Phi) is 3.73. The van der Waals surface area contributed by atoms with Crippen LogP contribution in [0.2, 0.25) is 0 Å². The van der Waals surface area contributed by atoms with Crippen LogP contribution in [0, 0.1) is 30.1 Å². The second-order valence-electron chi connectivity index (χ2n) is 2.92. The largest absolute Gasteiger partial charge is 0.395 e. The van der Waals surface area contributed by atoms with E-state index in [1.807, 2.05) is 19.1 Å². The summed E-state index contributed by atoms with van der Waals surface area (Å²) in [6.45, 7) is 1.97. The summed E-state index contributed by atoms with van der Waals surface area (Å²) in [5.41, 5.74) is 2.43. The van der Waals surface area contributed by atoms with Crippen LogP contribution in [0.4, 0.5) is 0 Å². The summed E-state index contributed by atoms with van der Waals surface area (Å²) >= 11 is 0. The van der Waals surface area contributed by atoms with E-state index < -0.39 is 0 Å². The summed E-state index contributed by atoms with van der Waals surface area (Å²) in [5.74, 6) is 5.70. The van der Waals surface area contributed by atoms with Crippen LogP contribution in [0.25, 0.3) is 0 Å². The molecular formula is C12H11NO. The van der Waals surface area contributed by atoms with Gasteiger partial charge in [-0.3, -0.25) is 0 Å². The van der Waals surface area contributed by atoms with E-state index in [-0.39, 0.29) is 6.61 Å². The number of aliphatic hydroxyl groups excluding tert-OH is 1. The normalized spacial score (nSPS) is 8.64. The molecule has 0 saturated heterocycles. The van der Waals surface area contributed by atoms with Gasteiger partial charge in [-0.15, -0.1) is 0 Å². The fraction of sp³-hybridized carbons (Fsp3) is 0.250. The molecule has 70 valence electrons. The first-order valence-corrected chi connectivity index (χ1v) is 4.38. The highest BCUT2D eigenvalue weighted by molar-refractivity contribution is 5.45. The van der Waals surface area contributed by atoms with Crippen LogP contribution in [-0.2, 0) is 0 Å². The quantitative estimate of drug-likeness (QED) is 0.675. The minimum Gasteiger partial charge on any atom is -0.395 e. The summed E-state index contributed by atoms with van der Waals surface area (Å²) in [6.07, 6.45) is 0.468. The first kappa shape index (κ1) is 10.3. The van der Waals surface area contributed by atoms with Crippen molar-refractivity contribution in [1.82, 2.24) is 0 Å². The van der Waals surface area contributed by atoms with Crippen molar-refractivity contribution in [3.63, 3.8) is 0 Å². The highest BCUT2D eigenvalue weighted by atomic mass is 16.2. The molecule has 0 bridgehead atoms. The highest BCUT2D eigenvalue weighted by Gasteiger charge is 1.96. The second kappa shape index (κ2) is 5.07. The van der Waals surface area contributed by atoms with Gasteiger partial charge in [0, 0.05) is 12.0 Å². The van der Waals surface area contributed by atoms with Gasteiger partial charge in [0.15, 0.2) is 0 Å². The Morgan fingerprint density at radius 3 is 2.86 bits per heavy atom. The second-order valence-corrected chi connectivity index (χ2v) is 2.92. The van der Waals surface area contributed by atoms with Gasteiger partial charge in [0.25, 0.3) is 0 Å². The Hall–Kier alpha value is -1.77. The molecule has 0 aromatic heterocycles. The zero-order valence-electron chi connectivity index (χ0n) is 8.04. The number of rotatable bonds is 1. The van der Waals surface area contributed by atoms with Gasteiger partial charge in [-0.2, -0.15) is 5.26 Å². The van der Waals surface area contributed by atoms with Crippen LogP contribution in [-0.4, -0.2) is 11.7 Å². The molecule has 0 radical (unpaired) electrons. The van der Waals surface area contributed by atoms with Crippen LogP contribution in [0.1, 0.15) is 23.1 Å². The Labute approximate surface area is 83.8 Å². The Balaban J connectivity index is 2.93. The number of aliphatic hydroxyl groups is 1. The molecule has 0 heterocycles. The number of hydrogen-bond acceptors (Lipinski definition) is 2. The molecule has 0 amide bonds. The lowest BCUT2D eigenvalue weighted by Gasteiger charge is -1.96. The van der Waals surface area contributed by atoms with E-state index in [2.05, 4.69) is 17.9 Å². The van der Waals surface area contributed by atoms with E-state index in [1.165, 1.54) is 0 Å². The molecule has 0 unspecified atom stereocenters. The molecule has 0 saturated carbocycles. The third-order valence-corrected chi connectivity index (χ3v) is 1.83. The van der Waals surface area contributed by atoms with Gasteiger partial charge in [0.2, 0.25) is 0 Å². The van der Waals surface area contributed by atoms with Gasteiger partial charge < -0.3 is 5.11 Å². The van der Waals surface area contributed by atoms with Crippen molar-refractivity contribution in [3.8, 4) is 17.9 Å².